The summed E-state index contributed by atoms with van der Waals surface area (Å²) in [5, 5.41) is 11.4. The van der Waals surface area contributed by atoms with Crippen LogP contribution in [0.4, 0.5) is 4.79 Å². The van der Waals surface area contributed by atoms with Crippen molar-refractivity contribution in [3.63, 3.8) is 0 Å². The molecule has 3 aromatic carbocycles. The van der Waals surface area contributed by atoms with Crippen molar-refractivity contribution in [1.29, 1.82) is 0 Å². The van der Waals surface area contributed by atoms with Gasteiger partial charge in [0.25, 0.3) is 0 Å². The van der Waals surface area contributed by atoms with Crippen LogP contribution in [0.1, 0.15) is 35.8 Å². The average Bonchev–Trinajstić information content (AvgIpc) is 3.59. The van der Waals surface area contributed by atoms with Crippen LogP contribution in [0.2, 0.25) is 0 Å². The number of benzene rings is 3. The minimum absolute atomic E-state index is 0.110. The molecule has 2 saturated heterocycles. The molecule has 0 bridgehead atoms. The maximum atomic E-state index is 13.7. The van der Waals surface area contributed by atoms with Crippen LogP contribution in [0.25, 0.3) is 0 Å². The highest BCUT2D eigenvalue weighted by molar-refractivity contribution is 5.73. The number of rotatable bonds is 9. The second kappa shape index (κ2) is 9.91. The Labute approximate surface area is 216 Å². The van der Waals surface area contributed by atoms with E-state index in [-0.39, 0.29) is 12.7 Å². The van der Waals surface area contributed by atoms with Gasteiger partial charge >= 0.3 is 6.09 Å². The molecule has 3 fully saturated rings. The Hall–Kier alpha value is -3.23. The number of fused-ring (bicyclic) bond motifs is 1. The number of carbonyl (C=O) groups is 1. The molecule has 7 nitrogen and oxygen atoms in total. The Bertz CT molecular complexity index is 1210. The van der Waals surface area contributed by atoms with Gasteiger partial charge in [-0.1, -0.05) is 91.0 Å². The van der Waals surface area contributed by atoms with Crippen molar-refractivity contribution < 1.29 is 28.8 Å². The Morgan fingerprint density at radius 3 is 2.16 bits per heavy atom. The molecule has 0 unspecified atom stereocenters. The Morgan fingerprint density at radius 1 is 0.892 bits per heavy atom. The van der Waals surface area contributed by atoms with Gasteiger partial charge < -0.3 is 24.1 Å². The minimum Gasteiger partial charge on any atom is -0.439 e. The van der Waals surface area contributed by atoms with E-state index in [1.165, 1.54) is 0 Å². The van der Waals surface area contributed by atoms with Crippen LogP contribution in [0.15, 0.2) is 91.0 Å². The van der Waals surface area contributed by atoms with E-state index in [1.807, 2.05) is 97.9 Å². The third-order valence-corrected chi connectivity index (χ3v) is 7.63. The fourth-order valence-corrected chi connectivity index (χ4v) is 5.98. The van der Waals surface area contributed by atoms with Gasteiger partial charge in [-0.2, -0.15) is 0 Å². The number of aliphatic hydroxyl groups is 1. The number of carbonyl (C=O) groups excluding carboxylic acids is 1. The van der Waals surface area contributed by atoms with Gasteiger partial charge in [0, 0.05) is 6.61 Å². The van der Waals surface area contributed by atoms with E-state index < -0.39 is 42.1 Å². The Kier molecular flexibility index (Phi) is 6.46. The van der Waals surface area contributed by atoms with E-state index in [9.17, 15) is 9.90 Å². The van der Waals surface area contributed by atoms with Crippen molar-refractivity contribution in [2.24, 2.45) is 0 Å². The van der Waals surface area contributed by atoms with Gasteiger partial charge in [-0.25, -0.2) is 4.79 Å². The van der Waals surface area contributed by atoms with E-state index in [1.54, 1.807) is 4.90 Å². The lowest BCUT2D eigenvalue weighted by Gasteiger charge is -2.44. The van der Waals surface area contributed by atoms with Gasteiger partial charge in [-0.15, -0.1) is 0 Å². The third kappa shape index (κ3) is 4.22. The van der Waals surface area contributed by atoms with Gasteiger partial charge in [0.05, 0.1) is 19.3 Å². The summed E-state index contributed by atoms with van der Waals surface area (Å²) in [4.78, 5) is 15.4. The molecule has 3 aromatic rings. The maximum absolute atomic E-state index is 13.7. The number of aliphatic hydroxyl groups excluding tert-OH is 1. The molecule has 37 heavy (non-hydrogen) atoms. The van der Waals surface area contributed by atoms with Crippen LogP contribution in [0.5, 0.6) is 0 Å². The number of nitrogens with zero attached hydrogens (tertiary/aromatic N) is 1. The van der Waals surface area contributed by atoms with Crippen molar-refractivity contribution >= 4 is 6.09 Å². The molecule has 7 heteroatoms. The monoisotopic (exact) mass is 501 g/mol. The maximum Gasteiger partial charge on any atom is 0.411 e. The van der Waals surface area contributed by atoms with E-state index in [0.717, 1.165) is 16.7 Å². The molecule has 1 saturated carbocycles. The molecule has 2 heterocycles. The molecular formula is C30H31NO6. The van der Waals surface area contributed by atoms with Crippen molar-refractivity contribution in [2.75, 3.05) is 13.2 Å². The molecule has 192 valence electrons. The van der Waals surface area contributed by atoms with Crippen LogP contribution < -0.4 is 0 Å². The fraction of sp³-hybridized carbons (Fsp3) is 0.367. The molecule has 1 N–H and O–H groups in total. The lowest BCUT2D eigenvalue weighted by molar-refractivity contribution is -0.191. The first kappa shape index (κ1) is 24.1. The lowest BCUT2D eigenvalue weighted by atomic mass is 9.89. The molecule has 6 rings (SSSR count). The lowest BCUT2D eigenvalue weighted by Crippen LogP contribution is -2.62. The number of epoxide rings is 1. The summed E-state index contributed by atoms with van der Waals surface area (Å²) >= 11 is 0. The average molecular weight is 502 g/mol. The van der Waals surface area contributed by atoms with Crippen LogP contribution in [0.3, 0.4) is 0 Å². The predicted molar refractivity (Wildman–Crippen MR) is 136 cm³/mol. The van der Waals surface area contributed by atoms with E-state index in [2.05, 4.69) is 0 Å². The first-order chi connectivity index (χ1) is 18.1. The Morgan fingerprint density at radius 2 is 1.51 bits per heavy atom. The third-order valence-electron chi connectivity index (χ3n) is 7.63. The molecule has 1 amide bonds. The highest BCUT2D eigenvalue weighted by Gasteiger charge is 2.74. The largest absolute Gasteiger partial charge is 0.439 e. The zero-order chi connectivity index (χ0) is 25.4. The highest BCUT2D eigenvalue weighted by atomic mass is 16.6. The summed E-state index contributed by atoms with van der Waals surface area (Å²) in [6.07, 6.45) is -2.70. The molecule has 0 aromatic heterocycles. The van der Waals surface area contributed by atoms with Crippen LogP contribution in [-0.2, 0) is 25.6 Å². The summed E-state index contributed by atoms with van der Waals surface area (Å²) in [6.45, 7) is 2.71. The van der Waals surface area contributed by atoms with Crippen molar-refractivity contribution in [1.82, 2.24) is 4.90 Å². The molecular weight excluding hydrogens is 470 g/mol. The zero-order valence-corrected chi connectivity index (χ0v) is 20.7. The van der Waals surface area contributed by atoms with Crippen LogP contribution >= 0.6 is 0 Å². The van der Waals surface area contributed by atoms with E-state index in [0.29, 0.717) is 13.2 Å². The summed E-state index contributed by atoms with van der Waals surface area (Å²) in [5.41, 5.74) is 1.71. The second-order valence-electron chi connectivity index (χ2n) is 9.80. The SMILES string of the molecule is CCO[C@]1(COCc2ccccc2)[C@@H](O)[C@@H]2O[C@@H]2[C@H]1N1C(=O)O[C@@H](c2ccccc2)[C@H]1c1ccccc1. The number of hydrogen-bond acceptors (Lipinski definition) is 6. The zero-order valence-electron chi connectivity index (χ0n) is 20.7. The number of hydrogen-bond donors (Lipinski definition) is 1. The highest BCUT2D eigenvalue weighted by Crippen LogP contribution is 2.55. The van der Waals surface area contributed by atoms with Crippen molar-refractivity contribution in [3.8, 4) is 0 Å². The van der Waals surface area contributed by atoms with Crippen molar-refractivity contribution in [3.05, 3.63) is 108 Å². The Balaban J connectivity index is 1.37. The molecule has 0 radical (unpaired) electrons. The summed E-state index contributed by atoms with van der Waals surface area (Å²) in [7, 11) is 0. The van der Waals surface area contributed by atoms with Crippen LogP contribution in [0, 0.1) is 0 Å². The molecule has 0 spiro atoms. The van der Waals surface area contributed by atoms with Gasteiger partial charge in [0.2, 0.25) is 0 Å². The summed E-state index contributed by atoms with van der Waals surface area (Å²) in [5.74, 6) is 0. The normalized spacial score (nSPS) is 32.3. The van der Waals surface area contributed by atoms with Gasteiger partial charge in [-0.05, 0) is 23.6 Å². The topological polar surface area (TPSA) is 80.8 Å². The summed E-state index contributed by atoms with van der Waals surface area (Å²) in [6, 6.07) is 28.5. The van der Waals surface area contributed by atoms with E-state index >= 15 is 0 Å². The number of amides is 1. The number of ether oxygens (including phenoxy) is 4. The van der Waals surface area contributed by atoms with Crippen molar-refractivity contribution in [2.45, 2.75) is 55.6 Å². The minimum atomic E-state index is -1.16. The molecule has 3 aliphatic rings. The molecule has 1 aliphatic carbocycles. The number of cyclic esters (lactones) is 1. The fourth-order valence-electron chi connectivity index (χ4n) is 5.98. The smallest absolute Gasteiger partial charge is 0.411 e. The first-order valence-corrected chi connectivity index (χ1v) is 12.8. The first-order valence-electron chi connectivity index (χ1n) is 12.8. The molecule has 2 aliphatic heterocycles. The van der Waals surface area contributed by atoms with Gasteiger partial charge in [0.1, 0.15) is 30.0 Å². The predicted octanol–water partition coefficient (Wildman–Crippen LogP) is 4.42. The van der Waals surface area contributed by atoms with Crippen LogP contribution in [-0.4, -0.2) is 59.3 Å². The second-order valence-corrected chi connectivity index (χ2v) is 9.80. The standard InChI is InChI=1S/C30H31NO6/c1-2-35-30(19-34-18-20-12-6-3-7-13-20)27(25-26(36-25)28(30)32)31-23(21-14-8-4-9-15-21)24(37-29(31)33)22-16-10-5-11-17-22/h3-17,23-28,32H,2,18-19H2,1H3/t23-,24+,25+,26-,27-,28+,30+/m1/s1. The molecule has 7 atom stereocenters. The quantitative estimate of drug-likeness (QED) is 0.437. The van der Waals surface area contributed by atoms with Gasteiger partial charge in [-0.3, -0.25) is 4.90 Å². The van der Waals surface area contributed by atoms with Gasteiger partial charge in [0.15, 0.2) is 6.10 Å². The van der Waals surface area contributed by atoms with E-state index in [4.69, 9.17) is 18.9 Å². The summed E-state index contributed by atoms with van der Waals surface area (Å²) < 4.78 is 24.4.